The lowest BCUT2D eigenvalue weighted by Crippen LogP contribution is -1.94. The zero-order chi connectivity index (χ0) is 15.4. The quantitative estimate of drug-likeness (QED) is 0.530. The minimum atomic E-state index is -0.0591. The van der Waals surface area contributed by atoms with Crippen molar-refractivity contribution in [3.05, 3.63) is 64.8 Å². The summed E-state index contributed by atoms with van der Waals surface area (Å²) in [6, 6.07) is 9.99. The zero-order valence-electron chi connectivity index (χ0n) is 12.1. The third-order valence-corrected chi connectivity index (χ3v) is 4.02. The lowest BCUT2D eigenvalue weighted by Gasteiger charge is -1.93. The minimum Gasteiger partial charge on any atom is -0.289 e. The molecule has 0 amide bonds. The second-order valence-electron chi connectivity index (χ2n) is 4.72. The van der Waals surface area contributed by atoms with Gasteiger partial charge in [-0.1, -0.05) is 30.3 Å². The van der Waals surface area contributed by atoms with Crippen molar-refractivity contribution in [2.75, 3.05) is 0 Å². The zero-order valence-corrected chi connectivity index (χ0v) is 13.0. The van der Waals surface area contributed by atoms with E-state index in [2.05, 4.69) is 10.1 Å². The number of allylic oxidation sites excluding steroid dienone is 1. The molecule has 22 heavy (non-hydrogen) atoms. The third kappa shape index (κ3) is 3.20. The van der Waals surface area contributed by atoms with E-state index in [0.29, 0.717) is 5.56 Å². The van der Waals surface area contributed by atoms with E-state index in [4.69, 9.17) is 0 Å². The number of benzene rings is 1. The van der Waals surface area contributed by atoms with Gasteiger partial charge in [0.2, 0.25) is 0 Å². The summed E-state index contributed by atoms with van der Waals surface area (Å²) in [6.45, 7) is 2.74. The summed E-state index contributed by atoms with van der Waals surface area (Å²) in [7, 11) is 0. The molecule has 1 aromatic carbocycles. The Balaban J connectivity index is 1.73. The summed E-state index contributed by atoms with van der Waals surface area (Å²) >= 11 is 1.52. The van der Waals surface area contributed by atoms with E-state index in [1.807, 2.05) is 42.6 Å². The maximum atomic E-state index is 12.1. The number of thiazole rings is 1. The largest absolute Gasteiger partial charge is 0.289 e. The molecule has 0 aliphatic rings. The Morgan fingerprint density at radius 3 is 2.86 bits per heavy atom. The number of aryl methyl sites for hydroxylation is 1. The SMILES string of the molecule is CCn1cc(C(=O)C=Cc2nc(-c3ccccc3)cs2)cn1. The van der Waals surface area contributed by atoms with E-state index in [1.165, 1.54) is 11.3 Å². The number of rotatable bonds is 5. The molecular weight excluding hydrogens is 294 g/mol. The maximum Gasteiger partial charge on any atom is 0.189 e. The highest BCUT2D eigenvalue weighted by Crippen LogP contribution is 2.22. The van der Waals surface area contributed by atoms with Gasteiger partial charge in [0, 0.05) is 23.7 Å². The maximum absolute atomic E-state index is 12.1. The summed E-state index contributed by atoms with van der Waals surface area (Å²) in [5.74, 6) is -0.0591. The standard InChI is InChI=1S/C17H15N3OS/c1-2-20-11-14(10-18-20)16(21)8-9-17-19-15(12-22-17)13-6-4-3-5-7-13/h3-12H,2H2,1H3. The Morgan fingerprint density at radius 1 is 1.32 bits per heavy atom. The van der Waals surface area contributed by atoms with E-state index in [0.717, 1.165) is 22.8 Å². The highest BCUT2D eigenvalue weighted by Gasteiger charge is 2.06. The Kier molecular flexibility index (Phi) is 4.25. The molecule has 2 heterocycles. The molecule has 0 unspecified atom stereocenters. The first-order chi connectivity index (χ1) is 10.8. The van der Waals surface area contributed by atoms with Crippen molar-refractivity contribution in [3.8, 4) is 11.3 Å². The predicted molar refractivity (Wildman–Crippen MR) is 88.8 cm³/mol. The first-order valence-corrected chi connectivity index (χ1v) is 7.90. The van der Waals surface area contributed by atoms with Crippen LogP contribution in [0.1, 0.15) is 22.3 Å². The van der Waals surface area contributed by atoms with E-state index in [1.54, 1.807) is 29.2 Å². The molecule has 0 N–H and O–H groups in total. The van der Waals surface area contributed by atoms with Gasteiger partial charge >= 0.3 is 0 Å². The van der Waals surface area contributed by atoms with Crippen molar-refractivity contribution in [3.63, 3.8) is 0 Å². The molecular formula is C17H15N3OS. The van der Waals surface area contributed by atoms with Crippen LogP contribution < -0.4 is 0 Å². The van der Waals surface area contributed by atoms with Crippen LogP contribution in [-0.4, -0.2) is 20.5 Å². The first-order valence-electron chi connectivity index (χ1n) is 7.02. The Labute approximate surface area is 132 Å². The van der Waals surface area contributed by atoms with Crippen LogP contribution in [0.4, 0.5) is 0 Å². The van der Waals surface area contributed by atoms with Crippen LogP contribution in [0.5, 0.6) is 0 Å². The Hall–Kier alpha value is -2.53. The van der Waals surface area contributed by atoms with Crippen molar-refractivity contribution < 1.29 is 4.79 Å². The Morgan fingerprint density at radius 2 is 2.14 bits per heavy atom. The van der Waals surface area contributed by atoms with Gasteiger partial charge in [0.15, 0.2) is 5.78 Å². The highest BCUT2D eigenvalue weighted by atomic mass is 32.1. The van der Waals surface area contributed by atoms with Crippen LogP contribution >= 0.6 is 11.3 Å². The van der Waals surface area contributed by atoms with Gasteiger partial charge in [-0.2, -0.15) is 5.10 Å². The molecule has 0 radical (unpaired) electrons. The van der Waals surface area contributed by atoms with Gasteiger partial charge in [0.25, 0.3) is 0 Å². The lowest BCUT2D eigenvalue weighted by molar-refractivity contribution is 0.104. The summed E-state index contributed by atoms with van der Waals surface area (Å²) in [4.78, 5) is 16.6. The molecule has 0 saturated carbocycles. The van der Waals surface area contributed by atoms with Crippen LogP contribution in [-0.2, 0) is 6.54 Å². The predicted octanol–water partition coefficient (Wildman–Crippen LogP) is 3.92. The average Bonchev–Trinajstić information content (AvgIpc) is 3.22. The van der Waals surface area contributed by atoms with E-state index in [-0.39, 0.29) is 5.78 Å². The van der Waals surface area contributed by atoms with Gasteiger partial charge in [-0.15, -0.1) is 11.3 Å². The summed E-state index contributed by atoms with van der Waals surface area (Å²) in [5.41, 5.74) is 2.60. The van der Waals surface area contributed by atoms with Crippen molar-refractivity contribution in [1.29, 1.82) is 0 Å². The molecule has 0 atom stereocenters. The van der Waals surface area contributed by atoms with Gasteiger partial charge in [-0.05, 0) is 19.1 Å². The fraction of sp³-hybridized carbons (Fsp3) is 0.118. The molecule has 3 rings (SSSR count). The fourth-order valence-electron chi connectivity index (χ4n) is 2.01. The normalized spacial score (nSPS) is 11.1. The molecule has 3 aromatic rings. The number of ketones is 1. The van der Waals surface area contributed by atoms with Crippen LogP contribution in [0.25, 0.3) is 17.3 Å². The molecule has 0 aliphatic heterocycles. The van der Waals surface area contributed by atoms with Gasteiger partial charge in [-0.3, -0.25) is 9.48 Å². The first kappa shape index (κ1) is 14.4. The van der Waals surface area contributed by atoms with E-state index in [9.17, 15) is 4.79 Å². The van der Waals surface area contributed by atoms with Crippen molar-refractivity contribution in [2.24, 2.45) is 0 Å². The van der Waals surface area contributed by atoms with E-state index < -0.39 is 0 Å². The van der Waals surface area contributed by atoms with Crippen LogP contribution in [0.2, 0.25) is 0 Å². The highest BCUT2D eigenvalue weighted by molar-refractivity contribution is 7.10. The smallest absolute Gasteiger partial charge is 0.189 e. The number of hydrogen-bond donors (Lipinski definition) is 0. The second kappa shape index (κ2) is 6.49. The topological polar surface area (TPSA) is 47.8 Å². The molecule has 110 valence electrons. The molecule has 0 fully saturated rings. The third-order valence-electron chi connectivity index (χ3n) is 3.21. The van der Waals surface area contributed by atoms with Gasteiger partial charge in [0.1, 0.15) is 5.01 Å². The minimum absolute atomic E-state index is 0.0591. The van der Waals surface area contributed by atoms with Crippen molar-refractivity contribution in [2.45, 2.75) is 13.5 Å². The van der Waals surface area contributed by atoms with Crippen molar-refractivity contribution in [1.82, 2.24) is 14.8 Å². The molecule has 0 bridgehead atoms. The molecule has 0 spiro atoms. The Bertz CT molecular complexity index is 802. The number of nitrogens with zero attached hydrogens (tertiary/aromatic N) is 3. The van der Waals surface area contributed by atoms with E-state index >= 15 is 0 Å². The molecule has 4 nitrogen and oxygen atoms in total. The number of aromatic nitrogens is 3. The molecule has 0 saturated heterocycles. The molecule has 0 aliphatic carbocycles. The average molecular weight is 309 g/mol. The lowest BCUT2D eigenvalue weighted by atomic mass is 10.2. The second-order valence-corrected chi connectivity index (χ2v) is 5.61. The summed E-state index contributed by atoms with van der Waals surface area (Å²) in [6.07, 6.45) is 6.64. The van der Waals surface area contributed by atoms with Crippen LogP contribution in [0.3, 0.4) is 0 Å². The van der Waals surface area contributed by atoms with Crippen LogP contribution in [0.15, 0.2) is 54.2 Å². The summed E-state index contributed by atoms with van der Waals surface area (Å²) < 4.78 is 1.73. The number of carbonyl (C=O) groups is 1. The summed E-state index contributed by atoms with van der Waals surface area (Å²) in [5, 5.41) is 6.91. The fourth-order valence-corrected chi connectivity index (χ4v) is 2.73. The number of carbonyl (C=O) groups excluding carboxylic acids is 1. The van der Waals surface area contributed by atoms with Crippen LogP contribution in [0, 0.1) is 0 Å². The van der Waals surface area contributed by atoms with Gasteiger partial charge in [0.05, 0.1) is 17.5 Å². The van der Waals surface area contributed by atoms with Gasteiger partial charge < -0.3 is 0 Å². The van der Waals surface area contributed by atoms with Gasteiger partial charge in [-0.25, -0.2) is 4.98 Å². The van der Waals surface area contributed by atoms with Crippen molar-refractivity contribution >= 4 is 23.2 Å². The monoisotopic (exact) mass is 309 g/mol. The number of hydrogen-bond acceptors (Lipinski definition) is 4. The molecule has 2 aromatic heterocycles. The molecule has 5 heteroatoms.